The molecule has 10 heteroatoms. The van der Waals surface area contributed by atoms with E-state index in [1.165, 1.54) is 17.4 Å². The Morgan fingerprint density at radius 2 is 1.90 bits per heavy atom. The van der Waals surface area contributed by atoms with Gasteiger partial charge in [0.05, 0.1) is 28.1 Å². The van der Waals surface area contributed by atoms with Crippen molar-refractivity contribution in [2.45, 2.75) is 31.7 Å². The van der Waals surface area contributed by atoms with Gasteiger partial charge in [-0.3, -0.25) is 19.5 Å². The summed E-state index contributed by atoms with van der Waals surface area (Å²) in [7, 11) is 0. The molecule has 9 nitrogen and oxygen atoms in total. The van der Waals surface area contributed by atoms with Gasteiger partial charge in [-0.25, -0.2) is 9.78 Å². The summed E-state index contributed by atoms with van der Waals surface area (Å²) >= 11 is 1.25. The van der Waals surface area contributed by atoms with Gasteiger partial charge in [0.25, 0.3) is 5.91 Å². The summed E-state index contributed by atoms with van der Waals surface area (Å²) < 4.78 is 0. The Morgan fingerprint density at radius 1 is 1.10 bits per heavy atom. The molecule has 0 radical (unpaired) electrons. The van der Waals surface area contributed by atoms with Gasteiger partial charge in [-0.1, -0.05) is 49.8 Å². The van der Waals surface area contributed by atoms with Crippen molar-refractivity contribution in [3.8, 4) is 11.3 Å². The fourth-order valence-electron chi connectivity index (χ4n) is 5.51. The smallest absolute Gasteiger partial charge is 0.331 e. The maximum atomic E-state index is 13.5. The van der Waals surface area contributed by atoms with Crippen LogP contribution in [0.25, 0.3) is 21.5 Å². The molecule has 1 aromatic carbocycles. The van der Waals surface area contributed by atoms with E-state index in [4.69, 9.17) is 0 Å². The van der Waals surface area contributed by atoms with Crippen molar-refractivity contribution in [2.24, 2.45) is 5.92 Å². The first-order valence-electron chi connectivity index (χ1n) is 13.3. The van der Waals surface area contributed by atoms with Crippen LogP contribution in [-0.4, -0.2) is 40.4 Å². The van der Waals surface area contributed by atoms with E-state index < -0.39 is 0 Å². The number of aromatic nitrogens is 2. The second-order valence-electron chi connectivity index (χ2n) is 9.92. The summed E-state index contributed by atoms with van der Waals surface area (Å²) in [5, 5.41) is 9.72. The second-order valence-corrected chi connectivity index (χ2v) is 10.9. The van der Waals surface area contributed by atoms with Crippen molar-refractivity contribution in [1.29, 1.82) is 0 Å². The lowest BCUT2D eigenvalue weighted by atomic mass is 9.84. The van der Waals surface area contributed by atoms with Gasteiger partial charge in [0.1, 0.15) is 9.71 Å². The minimum atomic E-state index is -0.364. The largest absolute Gasteiger partial charge is 0.351 e. The topological polar surface area (TPSA) is 116 Å². The van der Waals surface area contributed by atoms with Crippen molar-refractivity contribution in [2.75, 3.05) is 16.8 Å². The second kappa shape index (κ2) is 10.9. The highest BCUT2D eigenvalue weighted by atomic mass is 32.1. The van der Waals surface area contributed by atoms with Gasteiger partial charge in [0, 0.05) is 30.5 Å². The SMILES string of the molecule is C=CC(=O)N[C@H]1CCCCC1CNC(=O)c1sc2nccc3c2c1NC(=O)N3c1ccnc(-c2ccccc2)c1. The van der Waals surface area contributed by atoms with E-state index in [0.29, 0.717) is 33.3 Å². The summed E-state index contributed by atoms with van der Waals surface area (Å²) in [6.45, 7) is 3.96. The number of hydrogen-bond acceptors (Lipinski definition) is 6. The summed E-state index contributed by atoms with van der Waals surface area (Å²) in [5.41, 5.74) is 3.48. The molecule has 4 aromatic rings. The molecule has 202 valence electrons. The number of amides is 4. The third kappa shape index (κ3) is 4.82. The number of nitrogens with one attached hydrogen (secondary N) is 3. The zero-order valence-corrected chi connectivity index (χ0v) is 22.5. The maximum Gasteiger partial charge on any atom is 0.331 e. The van der Waals surface area contributed by atoms with Gasteiger partial charge < -0.3 is 16.0 Å². The first kappa shape index (κ1) is 25.7. The van der Waals surface area contributed by atoms with Crippen LogP contribution in [0.3, 0.4) is 0 Å². The number of benzene rings is 1. The van der Waals surface area contributed by atoms with Gasteiger partial charge in [-0.05, 0) is 43.0 Å². The Labute approximate surface area is 235 Å². The normalized spacial score (nSPS) is 18.2. The fourth-order valence-corrected chi connectivity index (χ4v) is 6.55. The van der Waals surface area contributed by atoms with Gasteiger partial charge in [-0.2, -0.15) is 0 Å². The van der Waals surface area contributed by atoms with Crippen molar-refractivity contribution >= 4 is 56.5 Å². The molecule has 6 rings (SSSR count). The van der Waals surface area contributed by atoms with Crippen LogP contribution < -0.4 is 20.9 Å². The zero-order valence-electron chi connectivity index (χ0n) is 21.7. The Hall–Kier alpha value is -4.57. The molecule has 4 amide bonds. The summed E-state index contributed by atoms with van der Waals surface area (Å²) in [6.07, 6.45) is 8.48. The van der Waals surface area contributed by atoms with Crippen LogP contribution in [0.15, 0.2) is 73.6 Å². The van der Waals surface area contributed by atoms with E-state index in [2.05, 4.69) is 32.5 Å². The molecule has 4 heterocycles. The molecule has 1 aliphatic carbocycles. The summed E-state index contributed by atoms with van der Waals surface area (Å²) in [6, 6.07) is 14.8. The number of pyridine rings is 2. The van der Waals surface area contributed by atoms with E-state index >= 15 is 0 Å². The van der Waals surface area contributed by atoms with Crippen LogP contribution in [0.1, 0.15) is 35.4 Å². The Balaban J connectivity index is 1.28. The number of urea groups is 1. The zero-order chi connectivity index (χ0) is 27.6. The third-order valence-electron chi connectivity index (χ3n) is 7.47. The number of anilines is 3. The monoisotopic (exact) mass is 552 g/mol. The van der Waals surface area contributed by atoms with Gasteiger partial charge in [0.15, 0.2) is 0 Å². The number of carbonyl (C=O) groups is 3. The molecule has 1 aliphatic heterocycles. The molecule has 0 bridgehead atoms. The lowest BCUT2D eigenvalue weighted by Gasteiger charge is -2.32. The number of rotatable bonds is 7. The molecule has 0 spiro atoms. The Morgan fingerprint density at radius 3 is 2.73 bits per heavy atom. The lowest BCUT2D eigenvalue weighted by molar-refractivity contribution is -0.117. The number of carbonyl (C=O) groups excluding carboxylic acids is 3. The Kier molecular flexibility index (Phi) is 7.00. The summed E-state index contributed by atoms with van der Waals surface area (Å²) in [5.74, 6) is -0.350. The maximum absolute atomic E-state index is 13.5. The standard InChI is InChI=1S/C30H28N6O3S/c1-2-24(37)34-21-11-7-6-10-19(21)17-33-28(38)27-26-25-23(13-15-32-29(25)40-27)36(30(39)35-26)20-12-14-31-22(16-20)18-8-4-3-5-9-18/h2-5,8-9,12-16,19,21H,1,6-7,10-11,17H2,(H,33,38)(H,34,37)(H,35,39)/t19?,21-/m0/s1. The molecule has 3 N–H and O–H groups in total. The van der Waals surface area contributed by atoms with E-state index in [-0.39, 0.29) is 29.8 Å². The van der Waals surface area contributed by atoms with Crippen LogP contribution in [0.2, 0.25) is 0 Å². The molecule has 2 atom stereocenters. The number of nitrogens with zero attached hydrogens (tertiary/aromatic N) is 3. The molecule has 3 aromatic heterocycles. The predicted molar refractivity (Wildman–Crippen MR) is 157 cm³/mol. The Bertz CT molecular complexity index is 1620. The molecule has 1 fully saturated rings. The van der Waals surface area contributed by atoms with Crippen molar-refractivity contribution in [3.63, 3.8) is 0 Å². The molecular weight excluding hydrogens is 524 g/mol. The van der Waals surface area contributed by atoms with Crippen molar-refractivity contribution in [3.05, 3.63) is 78.5 Å². The first-order valence-corrected chi connectivity index (χ1v) is 14.1. The van der Waals surface area contributed by atoms with Crippen molar-refractivity contribution in [1.82, 2.24) is 20.6 Å². The van der Waals surface area contributed by atoms with Crippen LogP contribution in [0.4, 0.5) is 21.9 Å². The summed E-state index contributed by atoms with van der Waals surface area (Å²) in [4.78, 5) is 50.4. The van der Waals surface area contributed by atoms with Gasteiger partial charge in [0.2, 0.25) is 5.91 Å². The first-order chi connectivity index (χ1) is 19.5. The highest BCUT2D eigenvalue weighted by Gasteiger charge is 2.33. The quantitative estimate of drug-likeness (QED) is 0.257. The van der Waals surface area contributed by atoms with Crippen LogP contribution in [0, 0.1) is 5.92 Å². The van der Waals surface area contributed by atoms with E-state index in [1.807, 2.05) is 36.4 Å². The molecule has 1 saturated carbocycles. The highest BCUT2D eigenvalue weighted by molar-refractivity contribution is 7.21. The van der Waals surface area contributed by atoms with Crippen molar-refractivity contribution < 1.29 is 14.4 Å². The van der Waals surface area contributed by atoms with Gasteiger partial charge in [-0.15, -0.1) is 11.3 Å². The van der Waals surface area contributed by atoms with E-state index in [0.717, 1.165) is 42.3 Å². The lowest BCUT2D eigenvalue weighted by Crippen LogP contribution is -2.46. The highest BCUT2D eigenvalue weighted by Crippen LogP contribution is 2.45. The average Bonchev–Trinajstić information content (AvgIpc) is 3.36. The third-order valence-corrected chi connectivity index (χ3v) is 8.57. The van der Waals surface area contributed by atoms with Crippen LogP contribution in [0.5, 0.6) is 0 Å². The molecule has 0 saturated heterocycles. The van der Waals surface area contributed by atoms with E-state index in [1.54, 1.807) is 29.4 Å². The average molecular weight is 553 g/mol. The fraction of sp³-hybridized carbons (Fsp3) is 0.233. The molecule has 1 unspecified atom stereocenters. The predicted octanol–water partition coefficient (Wildman–Crippen LogP) is 5.63. The number of hydrogen-bond donors (Lipinski definition) is 3. The van der Waals surface area contributed by atoms with Crippen LogP contribution >= 0.6 is 11.3 Å². The molecule has 40 heavy (non-hydrogen) atoms. The van der Waals surface area contributed by atoms with Crippen LogP contribution in [-0.2, 0) is 4.79 Å². The van der Waals surface area contributed by atoms with E-state index in [9.17, 15) is 14.4 Å². The minimum absolute atomic E-state index is 0.0111. The molecular formula is C30H28N6O3S. The number of thiophene rings is 1. The van der Waals surface area contributed by atoms with Gasteiger partial charge >= 0.3 is 6.03 Å². The minimum Gasteiger partial charge on any atom is -0.351 e. The molecule has 2 aliphatic rings.